The molecule has 0 aliphatic heterocycles. The molecule has 47 heavy (non-hydrogen) atoms. The zero-order valence-electron chi connectivity index (χ0n) is 27.2. The summed E-state index contributed by atoms with van der Waals surface area (Å²) in [4.78, 5) is 80.1. The lowest BCUT2D eigenvalue weighted by Gasteiger charge is -2.26. The first-order chi connectivity index (χ1) is 22.0. The van der Waals surface area contributed by atoms with Gasteiger partial charge in [0, 0.05) is 13.0 Å². The Bertz CT molecular complexity index is 1240. The molecule has 13 N–H and O–H groups in total. The zero-order valence-corrected chi connectivity index (χ0v) is 27.2. The minimum atomic E-state index is -1.28. The largest absolute Gasteiger partial charge is 0.480 e. The molecular weight excluding hydrogens is 614 g/mol. The van der Waals surface area contributed by atoms with Crippen molar-refractivity contribution in [2.75, 3.05) is 13.2 Å². The second-order valence-corrected chi connectivity index (χ2v) is 11.5. The summed E-state index contributed by atoms with van der Waals surface area (Å²) in [5.74, 6) is -5.09. The van der Waals surface area contributed by atoms with Crippen molar-refractivity contribution in [3.63, 3.8) is 0 Å². The first-order valence-corrected chi connectivity index (χ1v) is 15.3. The molecular formula is C30H49N9O8. The minimum Gasteiger partial charge on any atom is -0.480 e. The third-order valence-corrected chi connectivity index (χ3v) is 6.85. The highest BCUT2D eigenvalue weighted by Gasteiger charge is 2.31. The number of nitrogens with two attached hydrogens (primary N) is 3. The van der Waals surface area contributed by atoms with Gasteiger partial charge in [-0.05, 0) is 44.6 Å². The first kappa shape index (κ1) is 40.3. The maximum absolute atomic E-state index is 13.3. The highest BCUT2D eigenvalue weighted by atomic mass is 16.4. The van der Waals surface area contributed by atoms with Crippen molar-refractivity contribution in [3.05, 3.63) is 35.9 Å². The van der Waals surface area contributed by atoms with Crippen LogP contribution in [0.25, 0.3) is 0 Å². The number of benzene rings is 1. The van der Waals surface area contributed by atoms with Crippen LogP contribution in [-0.2, 0) is 35.2 Å². The molecule has 0 aromatic heterocycles. The molecule has 0 saturated carbocycles. The Morgan fingerprint density at radius 1 is 0.745 bits per heavy atom. The van der Waals surface area contributed by atoms with Crippen LogP contribution in [0.5, 0.6) is 0 Å². The number of aliphatic hydroxyl groups excluding tert-OH is 1. The quantitative estimate of drug-likeness (QED) is 0.0386. The zero-order chi connectivity index (χ0) is 35.7. The van der Waals surface area contributed by atoms with Gasteiger partial charge in [0.05, 0.1) is 6.61 Å². The van der Waals surface area contributed by atoms with Crippen molar-refractivity contribution >= 4 is 41.5 Å². The van der Waals surface area contributed by atoms with Crippen LogP contribution in [0.4, 0.5) is 0 Å². The van der Waals surface area contributed by atoms with Gasteiger partial charge in [-0.3, -0.25) is 29.0 Å². The van der Waals surface area contributed by atoms with Gasteiger partial charge in [-0.1, -0.05) is 44.2 Å². The summed E-state index contributed by atoms with van der Waals surface area (Å²) in [5, 5.41) is 31.2. The number of carboxylic acids is 1. The maximum atomic E-state index is 13.3. The number of aliphatic hydroxyl groups is 1. The van der Waals surface area contributed by atoms with Gasteiger partial charge in [0.15, 0.2) is 5.96 Å². The molecule has 0 aliphatic rings. The number of guanidine groups is 1. The van der Waals surface area contributed by atoms with Gasteiger partial charge >= 0.3 is 5.97 Å². The molecule has 1 aromatic rings. The van der Waals surface area contributed by atoms with E-state index in [2.05, 4.69) is 31.6 Å². The lowest BCUT2D eigenvalue weighted by molar-refractivity contribution is -0.142. The SMILES string of the molecule is CC(C)C[C@H](NC(=O)[C@H](C)NC(=O)[C@@H](N)CO)C(=O)N[C@@H](C)C(=O)N[C@@H](Cc1ccccc1)C(=O)N[C@@H](CCCN=C(N)N)C(=O)O. The Hall–Kier alpha value is -4.77. The molecule has 1 aromatic carbocycles. The van der Waals surface area contributed by atoms with E-state index in [-0.39, 0.29) is 44.1 Å². The fraction of sp³-hybridized carbons (Fsp3) is 0.567. The summed E-state index contributed by atoms with van der Waals surface area (Å²) in [5.41, 5.74) is 16.7. The molecule has 0 saturated heterocycles. The van der Waals surface area contributed by atoms with Crippen molar-refractivity contribution < 1.29 is 39.0 Å². The Kier molecular flexibility index (Phi) is 17.4. The van der Waals surface area contributed by atoms with E-state index in [4.69, 9.17) is 22.3 Å². The van der Waals surface area contributed by atoms with E-state index in [0.717, 1.165) is 0 Å². The molecule has 0 heterocycles. The molecule has 0 unspecified atom stereocenters. The van der Waals surface area contributed by atoms with Crippen molar-refractivity contribution in [1.29, 1.82) is 0 Å². The van der Waals surface area contributed by atoms with Crippen LogP contribution >= 0.6 is 0 Å². The fourth-order valence-electron chi connectivity index (χ4n) is 4.24. The number of nitrogens with zero attached hydrogens (tertiary/aromatic N) is 1. The van der Waals surface area contributed by atoms with Crippen LogP contribution in [-0.4, -0.2) is 101 Å². The lowest BCUT2D eigenvalue weighted by Crippen LogP contribution is -2.59. The van der Waals surface area contributed by atoms with Crippen molar-refractivity contribution in [2.45, 2.75) is 89.6 Å². The van der Waals surface area contributed by atoms with E-state index in [1.807, 2.05) is 13.8 Å². The molecule has 0 bridgehead atoms. The van der Waals surface area contributed by atoms with Crippen LogP contribution < -0.4 is 43.8 Å². The molecule has 17 nitrogen and oxygen atoms in total. The topological polar surface area (TPSA) is 293 Å². The molecule has 0 spiro atoms. The second kappa shape index (κ2) is 20.4. The van der Waals surface area contributed by atoms with Crippen molar-refractivity contribution in [1.82, 2.24) is 26.6 Å². The second-order valence-electron chi connectivity index (χ2n) is 11.5. The van der Waals surface area contributed by atoms with Crippen LogP contribution in [0.3, 0.4) is 0 Å². The molecule has 17 heteroatoms. The highest BCUT2D eigenvalue weighted by Crippen LogP contribution is 2.08. The van der Waals surface area contributed by atoms with Gasteiger partial charge in [-0.15, -0.1) is 0 Å². The summed E-state index contributed by atoms with van der Waals surface area (Å²) in [6.45, 7) is 5.97. The first-order valence-electron chi connectivity index (χ1n) is 15.3. The Morgan fingerprint density at radius 3 is 1.77 bits per heavy atom. The number of aliphatic carboxylic acids is 1. The van der Waals surface area contributed by atoms with E-state index >= 15 is 0 Å². The lowest BCUT2D eigenvalue weighted by atomic mass is 10.0. The number of carbonyl (C=O) groups excluding carboxylic acids is 5. The standard InChI is InChI=1S/C30H49N9O8/c1-16(2)13-22(38-24(41)17(3)35-26(43)20(31)15-40)27(44)36-18(4)25(42)39-23(14-19-9-6-5-7-10-19)28(45)37-21(29(46)47)11-8-12-34-30(32)33/h5-7,9-10,16-18,20-23,40H,8,11-15,31H2,1-4H3,(H,35,43)(H,36,44)(H,37,45)(H,38,41)(H,39,42)(H,46,47)(H4,32,33,34)/t17-,18-,20-,21-,22-,23-/m0/s1. The van der Waals surface area contributed by atoms with Crippen LogP contribution in [0.2, 0.25) is 0 Å². The smallest absolute Gasteiger partial charge is 0.326 e. The van der Waals surface area contributed by atoms with E-state index in [0.29, 0.717) is 5.56 Å². The molecule has 262 valence electrons. The van der Waals surface area contributed by atoms with E-state index in [1.54, 1.807) is 30.3 Å². The predicted molar refractivity (Wildman–Crippen MR) is 173 cm³/mol. The minimum absolute atomic E-state index is 0.0228. The average Bonchev–Trinajstić information content (AvgIpc) is 3.00. The van der Waals surface area contributed by atoms with E-state index in [9.17, 15) is 33.9 Å². The monoisotopic (exact) mass is 663 g/mol. The molecule has 1 rings (SSSR count). The van der Waals surface area contributed by atoms with Gasteiger partial charge in [-0.25, -0.2) is 4.79 Å². The summed E-state index contributed by atoms with van der Waals surface area (Å²) in [7, 11) is 0. The Balaban J connectivity index is 3.02. The van der Waals surface area contributed by atoms with Gasteiger partial charge in [0.2, 0.25) is 29.5 Å². The number of aliphatic imine (C=N–C) groups is 1. The van der Waals surface area contributed by atoms with E-state index in [1.165, 1.54) is 13.8 Å². The maximum Gasteiger partial charge on any atom is 0.326 e. The fourth-order valence-corrected chi connectivity index (χ4v) is 4.24. The summed E-state index contributed by atoms with van der Waals surface area (Å²) < 4.78 is 0. The molecule has 0 aliphatic carbocycles. The predicted octanol–water partition coefficient (Wildman–Crippen LogP) is -2.80. The number of nitrogens with one attached hydrogen (secondary N) is 5. The van der Waals surface area contributed by atoms with Crippen molar-refractivity contribution in [3.8, 4) is 0 Å². The molecule has 5 amide bonds. The Morgan fingerprint density at radius 2 is 1.26 bits per heavy atom. The van der Waals surface area contributed by atoms with Crippen LogP contribution in [0, 0.1) is 5.92 Å². The van der Waals surface area contributed by atoms with Gasteiger partial charge in [-0.2, -0.15) is 0 Å². The number of rotatable bonds is 20. The van der Waals surface area contributed by atoms with Gasteiger partial charge in [0.25, 0.3) is 0 Å². The van der Waals surface area contributed by atoms with E-state index < -0.39 is 78.4 Å². The normalized spacial score (nSPS) is 14.7. The third-order valence-electron chi connectivity index (χ3n) is 6.85. The van der Waals surface area contributed by atoms with Crippen LogP contribution in [0.1, 0.15) is 52.5 Å². The third kappa shape index (κ3) is 15.4. The van der Waals surface area contributed by atoms with Crippen molar-refractivity contribution in [2.24, 2.45) is 28.1 Å². The Labute approximate surface area is 273 Å². The number of amides is 5. The van der Waals surface area contributed by atoms with Gasteiger partial charge < -0.3 is 54.0 Å². The molecule has 0 radical (unpaired) electrons. The number of hydrogen-bond acceptors (Lipinski definition) is 9. The number of carbonyl (C=O) groups is 6. The molecule has 0 fully saturated rings. The highest BCUT2D eigenvalue weighted by molar-refractivity contribution is 5.96. The summed E-state index contributed by atoms with van der Waals surface area (Å²) in [6.07, 6.45) is 0.510. The van der Waals surface area contributed by atoms with Gasteiger partial charge in [0.1, 0.15) is 36.3 Å². The van der Waals surface area contributed by atoms with Crippen LogP contribution in [0.15, 0.2) is 35.3 Å². The number of carboxylic acid groups (broad SMARTS) is 1. The summed E-state index contributed by atoms with van der Waals surface area (Å²) >= 11 is 0. The molecule has 6 atom stereocenters. The summed E-state index contributed by atoms with van der Waals surface area (Å²) in [6, 6.07) is 1.70. The number of hydrogen-bond donors (Lipinski definition) is 10. The average molecular weight is 664 g/mol.